The first kappa shape index (κ1) is 76.3. The molecule has 0 saturated carbocycles. The maximum atomic E-state index is 13.2. The number of carbonyl (C=O) groups is 1. The Hall–Kier alpha value is -1.67. The van der Waals surface area contributed by atoms with Crippen LogP contribution in [0, 0.1) is 0 Å². The van der Waals surface area contributed by atoms with Crippen molar-refractivity contribution in [1.29, 1.82) is 0 Å². The van der Waals surface area contributed by atoms with Crippen LogP contribution in [0.3, 0.4) is 0 Å². The van der Waals surface area contributed by atoms with E-state index in [1.165, 1.54) is 225 Å². The van der Waals surface area contributed by atoms with E-state index in [4.69, 9.17) is 9.47 Å². The molecule has 8 N–H and O–H groups in total. The van der Waals surface area contributed by atoms with E-state index < -0.39 is 74.2 Å². The standard InChI is InChI=1S/C69H131NO10/c1-3-5-7-9-11-13-15-17-19-21-23-25-26-27-28-29-30-31-32-33-34-35-37-38-40-42-44-46-48-50-52-54-56-61(72)64(74)60(59-79-69-67(77)66(76)65(75)63(58-71)80-69)70-68(78)62(73)57-55-53-51-49-47-45-43-41-39-36-24-22-20-18-16-14-12-10-8-6-4-2/h39-42,48,50,60-67,69,71-77H,3-38,43-47,49,51-59H2,1-2H3,(H,70,78)/b41-39-,42-40+,50-48+. The highest BCUT2D eigenvalue weighted by Gasteiger charge is 2.44. The SMILES string of the molecule is CCCCCCCCCCCCC/C=C\CCCCCCCCC(O)C(=O)NC(COC1OC(CO)C(O)C(O)C1O)C(O)C(O)CCC/C=C/CC/C=C/CCCCCCCCCCCCCCCCCCCCCCCCC. The molecule has 0 radical (unpaired) electrons. The lowest BCUT2D eigenvalue weighted by molar-refractivity contribution is -0.303. The first-order valence-corrected chi connectivity index (χ1v) is 34.4. The molecule has 80 heavy (non-hydrogen) atoms. The lowest BCUT2D eigenvalue weighted by Crippen LogP contribution is -2.60. The fourth-order valence-corrected chi connectivity index (χ4v) is 11.1. The Bertz CT molecular complexity index is 1390. The van der Waals surface area contributed by atoms with Crippen molar-refractivity contribution in [3.05, 3.63) is 36.5 Å². The molecule has 472 valence electrons. The summed E-state index contributed by atoms with van der Waals surface area (Å²) in [6.07, 6.45) is 62.3. The number of nitrogens with one attached hydrogen (secondary N) is 1. The van der Waals surface area contributed by atoms with Gasteiger partial charge in [0.05, 0.1) is 25.4 Å². The zero-order valence-electron chi connectivity index (χ0n) is 52.1. The summed E-state index contributed by atoms with van der Waals surface area (Å²) in [6.45, 7) is 3.48. The van der Waals surface area contributed by atoms with Crippen LogP contribution >= 0.6 is 0 Å². The van der Waals surface area contributed by atoms with Crippen molar-refractivity contribution in [2.45, 2.75) is 384 Å². The van der Waals surface area contributed by atoms with Gasteiger partial charge < -0.3 is 50.5 Å². The van der Waals surface area contributed by atoms with Crippen LogP contribution in [0.5, 0.6) is 0 Å². The molecule has 0 aromatic carbocycles. The normalized spacial score (nSPS) is 19.4. The largest absolute Gasteiger partial charge is 0.394 e. The van der Waals surface area contributed by atoms with Gasteiger partial charge in [-0.05, 0) is 77.0 Å². The number of ether oxygens (including phenoxy) is 2. The smallest absolute Gasteiger partial charge is 0.249 e. The Labute approximate surface area is 492 Å². The van der Waals surface area contributed by atoms with Gasteiger partial charge in [0.2, 0.25) is 5.91 Å². The van der Waals surface area contributed by atoms with Crippen LogP contribution in [0.2, 0.25) is 0 Å². The number of aliphatic hydroxyl groups excluding tert-OH is 7. The van der Waals surface area contributed by atoms with Crippen LogP contribution in [0.1, 0.15) is 328 Å². The van der Waals surface area contributed by atoms with E-state index >= 15 is 0 Å². The molecule has 0 aromatic heterocycles. The van der Waals surface area contributed by atoms with Gasteiger partial charge in [-0.2, -0.15) is 0 Å². The van der Waals surface area contributed by atoms with Crippen LogP contribution in [0.4, 0.5) is 0 Å². The molecule has 1 fully saturated rings. The second kappa shape index (κ2) is 57.7. The van der Waals surface area contributed by atoms with Gasteiger partial charge in [0.15, 0.2) is 6.29 Å². The monoisotopic (exact) mass is 1130 g/mol. The second-order valence-corrected chi connectivity index (χ2v) is 24.2. The summed E-state index contributed by atoms with van der Waals surface area (Å²) >= 11 is 0. The average molecular weight is 1130 g/mol. The number of carbonyl (C=O) groups excluding carboxylic acids is 1. The zero-order valence-corrected chi connectivity index (χ0v) is 52.1. The Kier molecular flexibility index (Phi) is 55.1. The minimum Gasteiger partial charge on any atom is -0.394 e. The van der Waals surface area contributed by atoms with Crippen LogP contribution in [-0.2, 0) is 14.3 Å². The molecular formula is C69H131NO10. The van der Waals surface area contributed by atoms with E-state index in [1.807, 2.05) is 0 Å². The molecule has 0 spiro atoms. The van der Waals surface area contributed by atoms with E-state index in [-0.39, 0.29) is 12.8 Å². The van der Waals surface area contributed by atoms with E-state index in [0.717, 1.165) is 57.8 Å². The lowest BCUT2D eigenvalue weighted by Gasteiger charge is -2.40. The Balaban J connectivity index is 2.23. The Morgan fingerprint density at radius 2 is 0.750 bits per heavy atom. The molecule has 0 aromatic rings. The molecule has 11 heteroatoms. The van der Waals surface area contributed by atoms with Crippen LogP contribution in [0.25, 0.3) is 0 Å². The van der Waals surface area contributed by atoms with Crippen molar-refractivity contribution in [2.24, 2.45) is 0 Å². The van der Waals surface area contributed by atoms with Crippen LogP contribution in [0.15, 0.2) is 36.5 Å². The molecule has 0 bridgehead atoms. The minimum atomic E-state index is -1.67. The highest BCUT2D eigenvalue weighted by atomic mass is 16.7. The summed E-state index contributed by atoms with van der Waals surface area (Å²) in [7, 11) is 0. The summed E-state index contributed by atoms with van der Waals surface area (Å²) in [5, 5.41) is 76.4. The molecule has 1 aliphatic rings. The first-order valence-electron chi connectivity index (χ1n) is 34.4. The fraction of sp³-hybridized carbons (Fsp3) is 0.899. The van der Waals surface area contributed by atoms with Gasteiger partial charge in [-0.25, -0.2) is 0 Å². The van der Waals surface area contributed by atoms with E-state index in [1.54, 1.807) is 0 Å². The van der Waals surface area contributed by atoms with E-state index in [2.05, 4.69) is 55.6 Å². The predicted molar refractivity (Wildman–Crippen MR) is 335 cm³/mol. The Morgan fingerprint density at radius 3 is 1.11 bits per heavy atom. The number of amides is 1. The van der Waals surface area contributed by atoms with Gasteiger partial charge in [-0.15, -0.1) is 0 Å². The Morgan fingerprint density at radius 1 is 0.425 bits per heavy atom. The predicted octanol–water partition coefficient (Wildman–Crippen LogP) is 16.2. The second-order valence-electron chi connectivity index (χ2n) is 24.2. The molecule has 1 aliphatic heterocycles. The summed E-state index contributed by atoms with van der Waals surface area (Å²) < 4.78 is 11.2. The molecule has 1 heterocycles. The molecule has 11 nitrogen and oxygen atoms in total. The summed E-state index contributed by atoms with van der Waals surface area (Å²) in [5.41, 5.74) is 0. The topological polar surface area (TPSA) is 189 Å². The van der Waals surface area contributed by atoms with Gasteiger partial charge in [-0.3, -0.25) is 4.79 Å². The molecule has 1 saturated heterocycles. The summed E-state index contributed by atoms with van der Waals surface area (Å²) in [5.74, 6) is -0.711. The van der Waals surface area contributed by atoms with Gasteiger partial charge in [0.1, 0.15) is 36.6 Å². The van der Waals surface area contributed by atoms with Crippen molar-refractivity contribution in [2.75, 3.05) is 13.2 Å². The summed E-state index contributed by atoms with van der Waals surface area (Å²) in [4.78, 5) is 13.2. The van der Waals surface area contributed by atoms with Gasteiger partial charge in [-0.1, -0.05) is 288 Å². The quantitative estimate of drug-likeness (QED) is 0.0215. The highest BCUT2D eigenvalue weighted by Crippen LogP contribution is 2.24. The zero-order chi connectivity index (χ0) is 58.2. The number of hydrogen-bond donors (Lipinski definition) is 8. The number of hydrogen-bond acceptors (Lipinski definition) is 10. The van der Waals surface area contributed by atoms with Crippen molar-refractivity contribution >= 4 is 5.91 Å². The van der Waals surface area contributed by atoms with Crippen molar-refractivity contribution in [3.63, 3.8) is 0 Å². The molecule has 9 unspecified atom stereocenters. The third-order valence-corrected chi connectivity index (χ3v) is 16.6. The van der Waals surface area contributed by atoms with Crippen molar-refractivity contribution < 1.29 is 50.0 Å². The van der Waals surface area contributed by atoms with E-state index in [9.17, 15) is 40.5 Å². The third kappa shape index (κ3) is 44.8. The average Bonchev–Trinajstić information content (AvgIpc) is 3.48. The number of unbranched alkanes of at least 4 members (excludes halogenated alkanes) is 42. The third-order valence-electron chi connectivity index (χ3n) is 16.6. The van der Waals surface area contributed by atoms with E-state index in [0.29, 0.717) is 19.3 Å². The molecule has 0 aliphatic carbocycles. The molecule has 9 atom stereocenters. The van der Waals surface area contributed by atoms with Gasteiger partial charge in [0, 0.05) is 0 Å². The molecule has 1 amide bonds. The van der Waals surface area contributed by atoms with Gasteiger partial charge >= 0.3 is 0 Å². The first-order chi connectivity index (χ1) is 39.2. The number of rotatable bonds is 60. The van der Waals surface area contributed by atoms with Crippen LogP contribution in [-0.4, -0.2) is 110 Å². The van der Waals surface area contributed by atoms with Gasteiger partial charge in [0.25, 0.3) is 0 Å². The highest BCUT2D eigenvalue weighted by molar-refractivity contribution is 5.80. The summed E-state index contributed by atoms with van der Waals surface area (Å²) in [6, 6.07) is -1.20. The van der Waals surface area contributed by atoms with Crippen LogP contribution < -0.4 is 5.32 Å². The molecule has 1 rings (SSSR count). The fourth-order valence-electron chi connectivity index (χ4n) is 11.1. The van der Waals surface area contributed by atoms with Crippen molar-refractivity contribution in [1.82, 2.24) is 5.32 Å². The lowest BCUT2D eigenvalue weighted by atomic mass is 9.98. The minimum absolute atomic E-state index is 0.244. The maximum Gasteiger partial charge on any atom is 0.249 e. The number of allylic oxidation sites excluding steroid dienone is 6. The number of aliphatic hydroxyl groups is 7. The maximum absolute atomic E-state index is 13.2. The molecular weight excluding hydrogens is 1000 g/mol. The van der Waals surface area contributed by atoms with Crippen molar-refractivity contribution in [3.8, 4) is 0 Å².